The van der Waals surface area contributed by atoms with Crippen LogP contribution >= 0.6 is 27.3 Å². The Kier molecular flexibility index (Phi) is 7.29. The largest absolute Gasteiger partial charge is 0.392 e. The van der Waals surface area contributed by atoms with Gasteiger partial charge >= 0.3 is 0 Å². The van der Waals surface area contributed by atoms with E-state index in [1.165, 1.54) is 43.5 Å². The molecule has 2 aliphatic carbocycles. The zero-order valence-electron chi connectivity index (χ0n) is 21.4. The minimum atomic E-state index is 0.0585. The predicted octanol–water partition coefficient (Wildman–Crippen LogP) is 9.13. The molecule has 190 valence electrons. The van der Waals surface area contributed by atoms with E-state index in [-0.39, 0.29) is 6.61 Å². The van der Waals surface area contributed by atoms with Gasteiger partial charge in [0.05, 0.1) is 6.61 Å². The molecule has 2 nitrogen and oxygen atoms in total. The molecule has 0 radical (unpaired) electrons. The first-order valence-electron chi connectivity index (χ1n) is 13.2. The number of aliphatic hydroxyl groups excluding tert-OH is 1. The Bertz CT molecular complexity index is 1610. The van der Waals surface area contributed by atoms with Crippen molar-refractivity contribution >= 4 is 55.9 Å². The number of aliphatic imine (C=N–C) groups is 1. The van der Waals surface area contributed by atoms with Crippen LogP contribution in [0.3, 0.4) is 0 Å². The zero-order chi connectivity index (χ0) is 26.1. The fourth-order valence-electron chi connectivity index (χ4n) is 5.86. The fraction of sp³-hybridized carbons (Fsp3) is 0.206. The zero-order valence-corrected chi connectivity index (χ0v) is 23.8. The molecule has 38 heavy (non-hydrogen) atoms. The van der Waals surface area contributed by atoms with Gasteiger partial charge in [-0.2, -0.15) is 0 Å². The van der Waals surface area contributed by atoms with Gasteiger partial charge in [0.25, 0.3) is 0 Å². The molecule has 2 unspecified atom stereocenters. The number of hydrogen-bond acceptors (Lipinski definition) is 3. The van der Waals surface area contributed by atoms with Gasteiger partial charge in [-0.25, -0.2) is 0 Å². The Morgan fingerprint density at radius 3 is 2.74 bits per heavy atom. The Balaban J connectivity index is 0.000000221. The smallest absolute Gasteiger partial charge is 0.0693 e. The number of benzene rings is 3. The molecule has 0 saturated carbocycles. The van der Waals surface area contributed by atoms with Crippen LogP contribution in [0.5, 0.6) is 0 Å². The lowest BCUT2D eigenvalue weighted by atomic mass is 9.71. The predicted molar refractivity (Wildman–Crippen MR) is 166 cm³/mol. The number of thiophene rings is 1. The molecule has 0 bridgehead atoms. The van der Waals surface area contributed by atoms with Gasteiger partial charge in [-0.1, -0.05) is 83.0 Å². The van der Waals surface area contributed by atoms with E-state index in [9.17, 15) is 5.11 Å². The van der Waals surface area contributed by atoms with Gasteiger partial charge in [0.1, 0.15) is 0 Å². The Morgan fingerprint density at radius 2 is 1.89 bits per heavy atom. The molecule has 3 aromatic carbocycles. The number of halogens is 1. The minimum Gasteiger partial charge on any atom is -0.392 e. The monoisotopic (exact) mass is 579 g/mol. The van der Waals surface area contributed by atoms with Crippen LogP contribution in [0.25, 0.3) is 22.4 Å². The highest BCUT2D eigenvalue weighted by Gasteiger charge is 2.29. The molecule has 2 heterocycles. The first kappa shape index (κ1) is 25.2. The summed E-state index contributed by atoms with van der Waals surface area (Å²) >= 11 is 5.41. The standard InChI is InChI=1S/C26H23BrO.C8H7NS/c1-16-11-25-22(10-8-19-12-20(15-28)26(27)14-24(19)25)21-9-7-18(13-23(16)21)17-5-3-2-4-6-17;1-4-9-5-2-8-7(1)3-6-10-8/h2-10,12,14,16,18,28H,11,13,15H2,1H3;2-6H,1H2. The molecule has 2 atom stereocenters. The third-order valence-electron chi connectivity index (χ3n) is 7.88. The van der Waals surface area contributed by atoms with Crippen LogP contribution < -0.4 is 0 Å². The molecule has 4 aromatic rings. The first-order chi connectivity index (χ1) is 18.6. The van der Waals surface area contributed by atoms with E-state index >= 15 is 0 Å². The highest BCUT2D eigenvalue weighted by Crippen LogP contribution is 2.46. The number of nitrogens with zero attached hydrogens (tertiary/aromatic N) is 1. The quantitative estimate of drug-likeness (QED) is 0.252. The lowest BCUT2D eigenvalue weighted by molar-refractivity contribution is 0.281. The van der Waals surface area contributed by atoms with E-state index in [4.69, 9.17) is 0 Å². The number of aliphatic hydroxyl groups is 1. The SMILES string of the molecule is C1=Cc2sccc2CC=N1.CC1Cc2c(ccc3cc(CO)c(Br)cc23)C2=C1CC(c1ccccc1)C=C2. The Labute approximate surface area is 236 Å². The molecular formula is C34H30BrNOS. The van der Waals surface area contributed by atoms with Crippen molar-refractivity contribution in [3.8, 4) is 0 Å². The second-order valence-electron chi connectivity index (χ2n) is 10.2. The van der Waals surface area contributed by atoms with Crippen molar-refractivity contribution in [2.24, 2.45) is 10.9 Å². The first-order valence-corrected chi connectivity index (χ1v) is 14.9. The van der Waals surface area contributed by atoms with Gasteiger partial charge < -0.3 is 5.11 Å². The van der Waals surface area contributed by atoms with E-state index < -0.39 is 0 Å². The van der Waals surface area contributed by atoms with Crippen molar-refractivity contribution in [3.63, 3.8) is 0 Å². The van der Waals surface area contributed by atoms with Gasteiger partial charge in [0, 0.05) is 34.1 Å². The fourth-order valence-corrected chi connectivity index (χ4v) is 7.15. The van der Waals surface area contributed by atoms with Gasteiger partial charge in [0.15, 0.2) is 0 Å². The third kappa shape index (κ3) is 4.89. The number of hydrogen-bond donors (Lipinski definition) is 1. The van der Waals surface area contributed by atoms with Crippen LogP contribution in [0.2, 0.25) is 0 Å². The van der Waals surface area contributed by atoms with Crippen molar-refractivity contribution in [3.05, 3.63) is 127 Å². The normalized spacial score (nSPS) is 19.3. The molecule has 3 aliphatic rings. The van der Waals surface area contributed by atoms with Gasteiger partial charge in [-0.15, -0.1) is 11.3 Å². The molecule has 7 rings (SSSR count). The van der Waals surface area contributed by atoms with Crippen LogP contribution in [-0.2, 0) is 19.4 Å². The summed E-state index contributed by atoms with van der Waals surface area (Å²) < 4.78 is 0.992. The third-order valence-corrected chi connectivity index (χ3v) is 9.54. The van der Waals surface area contributed by atoms with Crippen LogP contribution in [-0.4, -0.2) is 11.3 Å². The maximum atomic E-state index is 9.58. The van der Waals surface area contributed by atoms with Crippen LogP contribution in [0.4, 0.5) is 0 Å². The van der Waals surface area contributed by atoms with Crippen molar-refractivity contribution in [1.29, 1.82) is 0 Å². The van der Waals surface area contributed by atoms with Crippen LogP contribution in [0.1, 0.15) is 52.0 Å². The van der Waals surface area contributed by atoms with E-state index in [1.807, 2.05) is 12.4 Å². The molecule has 1 N–H and O–H groups in total. The molecule has 0 amide bonds. The number of fused-ring (bicyclic) bond motifs is 5. The maximum absolute atomic E-state index is 9.58. The highest BCUT2D eigenvalue weighted by molar-refractivity contribution is 9.10. The molecule has 4 heteroatoms. The molecule has 1 aliphatic heterocycles. The lowest BCUT2D eigenvalue weighted by Crippen LogP contribution is -2.18. The summed E-state index contributed by atoms with van der Waals surface area (Å²) in [6, 6.07) is 21.8. The number of rotatable bonds is 2. The van der Waals surface area contributed by atoms with E-state index in [0.717, 1.165) is 29.3 Å². The summed E-state index contributed by atoms with van der Waals surface area (Å²) in [5, 5.41) is 14.2. The van der Waals surface area contributed by atoms with Gasteiger partial charge in [-0.3, -0.25) is 4.99 Å². The number of allylic oxidation sites excluding steroid dienone is 4. The summed E-state index contributed by atoms with van der Waals surface area (Å²) in [6.45, 7) is 2.43. The Morgan fingerprint density at radius 1 is 1.03 bits per heavy atom. The summed E-state index contributed by atoms with van der Waals surface area (Å²) in [4.78, 5) is 5.40. The maximum Gasteiger partial charge on any atom is 0.0693 e. The van der Waals surface area contributed by atoms with Gasteiger partial charge in [-0.05, 0) is 92.6 Å². The molecule has 0 spiro atoms. The van der Waals surface area contributed by atoms with E-state index in [0.29, 0.717) is 11.8 Å². The average molecular weight is 581 g/mol. The second kappa shape index (κ2) is 11.0. The van der Waals surface area contributed by atoms with Crippen molar-refractivity contribution in [1.82, 2.24) is 0 Å². The Hall–Kier alpha value is -3.05. The summed E-state index contributed by atoms with van der Waals surface area (Å²) in [6.07, 6.45) is 13.7. The molecule has 0 fully saturated rings. The second-order valence-corrected chi connectivity index (χ2v) is 12.0. The molecular weight excluding hydrogens is 550 g/mol. The summed E-state index contributed by atoms with van der Waals surface area (Å²) in [7, 11) is 0. The van der Waals surface area contributed by atoms with Crippen molar-refractivity contribution < 1.29 is 5.11 Å². The van der Waals surface area contributed by atoms with Crippen LogP contribution in [0.15, 0.2) is 99.4 Å². The van der Waals surface area contributed by atoms with Crippen molar-refractivity contribution in [2.45, 2.75) is 38.7 Å². The highest BCUT2D eigenvalue weighted by atomic mass is 79.9. The lowest BCUT2D eigenvalue weighted by Gasteiger charge is -2.33. The van der Waals surface area contributed by atoms with Crippen molar-refractivity contribution in [2.75, 3.05) is 0 Å². The van der Waals surface area contributed by atoms with Gasteiger partial charge in [0.2, 0.25) is 0 Å². The molecule has 1 aromatic heterocycles. The minimum absolute atomic E-state index is 0.0585. The topological polar surface area (TPSA) is 32.6 Å². The summed E-state index contributed by atoms with van der Waals surface area (Å²) in [5.41, 5.74) is 9.58. The summed E-state index contributed by atoms with van der Waals surface area (Å²) in [5.74, 6) is 1.02. The average Bonchev–Trinajstić information content (AvgIpc) is 3.29. The van der Waals surface area contributed by atoms with Crippen LogP contribution in [0, 0.1) is 5.92 Å². The van der Waals surface area contributed by atoms with E-state index in [1.54, 1.807) is 16.9 Å². The van der Waals surface area contributed by atoms with E-state index in [2.05, 4.69) is 112 Å². The molecule has 0 saturated heterocycles.